The quantitative estimate of drug-likeness (QED) is 0.830. The van der Waals surface area contributed by atoms with Crippen molar-refractivity contribution >= 4 is 23.3 Å². The van der Waals surface area contributed by atoms with Crippen molar-refractivity contribution in [3.63, 3.8) is 0 Å². The van der Waals surface area contributed by atoms with Crippen molar-refractivity contribution in [3.05, 3.63) is 59.7 Å². The summed E-state index contributed by atoms with van der Waals surface area (Å²) in [6.45, 7) is 0. The molecule has 0 heterocycles. The third kappa shape index (κ3) is 3.05. The van der Waals surface area contributed by atoms with E-state index < -0.39 is 11.9 Å². The molecule has 0 amide bonds. The molecule has 0 aliphatic rings. The molecule has 0 aromatic heterocycles. The zero-order chi connectivity index (χ0) is 14.5. The minimum atomic E-state index is -1.25. The molecule has 0 radical (unpaired) electrons. The third-order valence-electron chi connectivity index (χ3n) is 2.50. The molecular weight excluding hydrogens is 260 g/mol. The molecule has 0 fully saturated rings. The second-order valence-electron chi connectivity index (χ2n) is 3.88. The highest BCUT2D eigenvalue weighted by atomic mass is 16.4. The molecule has 0 aliphatic carbocycles. The Labute approximate surface area is 114 Å². The summed E-state index contributed by atoms with van der Waals surface area (Å²) in [4.78, 5) is 21.9. The molecule has 0 bridgehead atoms. The highest BCUT2D eigenvalue weighted by molar-refractivity contribution is 5.97. The van der Waals surface area contributed by atoms with E-state index in [0.717, 1.165) is 6.07 Å². The first-order valence-electron chi connectivity index (χ1n) is 5.65. The molecule has 0 atom stereocenters. The van der Waals surface area contributed by atoms with E-state index >= 15 is 0 Å². The maximum atomic E-state index is 11.1. The molecule has 2 N–H and O–H groups in total. The highest BCUT2D eigenvalue weighted by Crippen LogP contribution is 2.23. The predicted octanol–water partition coefficient (Wildman–Crippen LogP) is 3.50. The van der Waals surface area contributed by atoms with Crippen molar-refractivity contribution in [2.75, 3.05) is 0 Å². The summed E-state index contributed by atoms with van der Waals surface area (Å²) >= 11 is 0. The summed E-state index contributed by atoms with van der Waals surface area (Å²) < 4.78 is 0. The van der Waals surface area contributed by atoms with Gasteiger partial charge in [-0.05, 0) is 30.3 Å². The van der Waals surface area contributed by atoms with Gasteiger partial charge in [0, 0.05) is 0 Å². The molecule has 6 heteroatoms. The molecule has 2 rings (SSSR count). The summed E-state index contributed by atoms with van der Waals surface area (Å²) in [7, 11) is 0. The number of hydrogen-bond donors (Lipinski definition) is 2. The van der Waals surface area contributed by atoms with Crippen LogP contribution in [0.25, 0.3) is 0 Å². The van der Waals surface area contributed by atoms with Gasteiger partial charge in [0.25, 0.3) is 0 Å². The number of aromatic carboxylic acids is 2. The van der Waals surface area contributed by atoms with E-state index in [9.17, 15) is 9.59 Å². The number of carboxylic acids is 2. The van der Waals surface area contributed by atoms with Crippen LogP contribution >= 0.6 is 0 Å². The Balaban J connectivity index is 2.39. The van der Waals surface area contributed by atoms with Crippen LogP contribution in [0.15, 0.2) is 58.8 Å². The Morgan fingerprint density at radius 3 is 2.15 bits per heavy atom. The molecule has 6 nitrogen and oxygen atoms in total. The lowest BCUT2D eigenvalue weighted by atomic mass is 10.1. The number of azo groups is 1. The van der Waals surface area contributed by atoms with Crippen LogP contribution in [0.5, 0.6) is 0 Å². The third-order valence-corrected chi connectivity index (χ3v) is 2.50. The van der Waals surface area contributed by atoms with Crippen LogP contribution < -0.4 is 0 Å². The van der Waals surface area contributed by atoms with Crippen molar-refractivity contribution < 1.29 is 19.8 Å². The molecule has 20 heavy (non-hydrogen) atoms. The fraction of sp³-hybridized carbons (Fsp3) is 0. The summed E-state index contributed by atoms with van der Waals surface area (Å²) in [6.07, 6.45) is 0. The van der Waals surface area contributed by atoms with Gasteiger partial charge in [0.1, 0.15) is 5.69 Å². The van der Waals surface area contributed by atoms with E-state index in [4.69, 9.17) is 10.2 Å². The van der Waals surface area contributed by atoms with Gasteiger partial charge in [-0.15, -0.1) is 5.11 Å². The average molecular weight is 270 g/mol. The summed E-state index contributed by atoms with van der Waals surface area (Å²) in [5.74, 6) is -2.45. The lowest BCUT2D eigenvalue weighted by Gasteiger charge is -2.01. The molecule has 0 aliphatic heterocycles. The maximum absolute atomic E-state index is 11.1. The van der Waals surface area contributed by atoms with Crippen LogP contribution in [0.1, 0.15) is 20.7 Å². The fourth-order valence-corrected chi connectivity index (χ4v) is 1.53. The molecule has 0 saturated carbocycles. The van der Waals surface area contributed by atoms with E-state index in [0.29, 0.717) is 5.69 Å². The normalized spacial score (nSPS) is 10.6. The van der Waals surface area contributed by atoms with E-state index in [1.165, 1.54) is 12.1 Å². The Bertz CT molecular complexity index is 681. The molecule has 2 aromatic carbocycles. The largest absolute Gasteiger partial charge is 0.478 e. The molecular formula is C14H10N2O4. The van der Waals surface area contributed by atoms with Gasteiger partial charge in [0.15, 0.2) is 0 Å². The van der Waals surface area contributed by atoms with Gasteiger partial charge in [0.05, 0.1) is 16.8 Å². The van der Waals surface area contributed by atoms with Crippen LogP contribution in [-0.2, 0) is 0 Å². The van der Waals surface area contributed by atoms with Crippen LogP contribution in [-0.4, -0.2) is 22.2 Å². The first-order valence-corrected chi connectivity index (χ1v) is 5.65. The van der Waals surface area contributed by atoms with E-state index in [-0.39, 0.29) is 16.8 Å². The van der Waals surface area contributed by atoms with Crippen molar-refractivity contribution in [3.8, 4) is 0 Å². The summed E-state index contributed by atoms with van der Waals surface area (Å²) in [6, 6.07) is 12.5. The minimum absolute atomic E-state index is 0.103. The zero-order valence-corrected chi connectivity index (χ0v) is 10.2. The summed E-state index contributed by atoms with van der Waals surface area (Å²) in [5.41, 5.74) is 0.364. The highest BCUT2D eigenvalue weighted by Gasteiger charge is 2.13. The van der Waals surface area contributed by atoms with Crippen molar-refractivity contribution in [1.82, 2.24) is 0 Å². The number of hydrogen-bond acceptors (Lipinski definition) is 4. The summed E-state index contributed by atoms with van der Waals surface area (Å²) in [5, 5.41) is 25.7. The van der Waals surface area contributed by atoms with Gasteiger partial charge >= 0.3 is 11.9 Å². The van der Waals surface area contributed by atoms with Gasteiger partial charge in [-0.1, -0.05) is 18.2 Å². The second-order valence-corrected chi connectivity index (χ2v) is 3.88. The van der Waals surface area contributed by atoms with Gasteiger partial charge in [0.2, 0.25) is 0 Å². The van der Waals surface area contributed by atoms with Crippen LogP contribution in [0, 0.1) is 0 Å². The fourth-order valence-electron chi connectivity index (χ4n) is 1.53. The number of benzene rings is 2. The first-order chi connectivity index (χ1) is 9.58. The maximum Gasteiger partial charge on any atom is 0.337 e. The SMILES string of the molecule is O=C(O)c1ccc(N=Nc2ccccc2)c(C(=O)O)c1. The lowest BCUT2D eigenvalue weighted by molar-refractivity contribution is 0.0696. The zero-order valence-electron chi connectivity index (χ0n) is 10.2. The van der Waals surface area contributed by atoms with Crippen LogP contribution in [0.4, 0.5) is 11.4 Å². The molecule has 2 aromatic rings. The number of carboxylic acid groups (broad SMARTS) is 2. The number of rotatable bonds is 4. The Morgan fingerprint density at radius 1 is 0.850 bits per heavy atom. The molecule has 0 spiro atoms. The van der Waals surface area contributed by atoms with E-state index in [1.54, 1.807) is 24.3 Å². The smallest absolute Gasteiger partial charge is 0.337 e. The lowest BCUT2D eigenvalue weighted by Crippen LogP contribution is -2.02. The van der Waals surface area contributed by atoms with Crippen LogP contribution in [0.2, 0.25) is 0 Å². The molecule has 0 unspecified atom stereocenters. The second kappa shape index (κ2) is 5.75. The predicted molar refractivity (Wildman–Crippen MR) is 71.0 cm³/mol. The Morgan fingerprint density at radius 2 is 1.55 bits per heavy atom. The topological polar surface area (TPSA) is 99.3 Å². The van der Waals surface area contributed by atoms with Crippen molar-refractivity contribution in [1.29, 1.82) is 0 Å². The standard InChI is InChI=1S/C14H10N2O4/c17-13(18)9-6-7-12(11(8-9)14(19)20)16-15-10-4-2-1-3-5-10/h1-8H,(H,17,18)(H,19,20). The molecule has 100 valence electrons. The monoisotopic (exact) mass is 270 g/mol. The van der Waals surface area contributed by atoms with E-state index in [1.807, 2.05) is 6.07 Å². The van der Waals surface area contributed by atoms with Gasteiger partial charge < -0.3 is 10.2 Å². The Hall–Kier alpha value is -3.02. The van der Waals surface area contributed by atoms with Gasteiger partial charge in [-0.2, -0.15) is 5.11 Å². The number of carbonyl (C=O) groups is 2. The van der Waals surface area contributed by atoms with Gasteiger partial charge in [-0.3, -0.25) is 0 Å². The first kappa shape index (κ1) is 13.4. The van der Waals surface area contributed by atoms with Gasteiger partial charge in [-0.25, -0.2) is 9.59 Å². The van der Waals surface area contributed by atoms with E-state index in [2.05, 4.69) is 10.2 Å². The minimum Gasteiger partial charge on any atom is -0.478 e. The Kier molecular flexibility index (Phi) is 3.85. The average Bonchev–Trinajstić information content (AvgIpc) is 2.45. The van der Waals surface area contributed by atoms with Crippen molar-refractivity contribution in [2.24, 2.45) is 10.2 Å². The molecule has 0 saturated heterocycles. The number of nitrogens with zero attached hydrogens (tertiary/aromatic N) is 2. The van der Waals surface area contributed by atoms with Crippen LogP contribution in [0.3, 0.4) is 0 Å². The van der Waals surface area contributed by atoms with Crippen molar-refractivity contribution in [2.45, 2.75) is 0 Å².